The Hall–Kier alpha value is -2.44. The van der Waals surface area contributed by atoms with Crippen molar-refractivity contribution in [3.63, 3.8) is 0 Å². The fraction of sp³-hybridized carbons (Fsp3) is 0.520. The van der Waals surface area contributed by atoms with Crippen LogP contribution in [0.4, 0.5) is 0 Å². The molecule has 1 aliphatic heterocycles. The smallest absolute Gasteiger partial charge is 0.123 e. The van der Waals surface area contributed by atoms with Crippen LogP contribution in [0.15, 0.2) is 36.4 Å². The Kier molecular flexibility index (Phi) is 7.34. The number of aliphatic hydroxyl groups is 1. The minimum atomic E-state index is -0.850. The molecule has 1 saturated heterocycles. The van der Waals surface area contributed by atoms with E-state index < -0.39 is 5.60 Å². The van der Waals surface area contributed by atoms with Gasteiger partial charge in [0.15, 0.2) is 0 Å². The predicted octanol–water partition coefficient (Wildman–Crippen LogP) is 4.66. The van der Waals surface area contributed by atoms with Crippen LogP contribution in [0.25, 0.3) is 0 Å². The molecule has 1 heterocycles. The van der Waals surface area contributed by atoms with Gasteiger partial charge in [-0.15, -0.1) is 0 Å². The van der Waals surface area contributed by atoms with Gasteiger partial charge in [-0.05, 0) is 49.2 Å². The van der Waals surface area contributed by atoms with E-state index >= 15 is 0 Å². The summed E-state index contributed by atoms with van der Waals surface area (Å²) in [7, 11) is 6.64. The molecule has 1 aliphatic rings. The highest BCUT2D eigenvalue weighted by Gasteiger charge is 2.46. The lowest BCUT2D eigenvalue weighted by atomic mass is 9.70. The molecule has 0 aliphatic carbocycles. The van der Waals surface area contributed by atoms with Crippen molar-refractivity contribution in [2.75, 3.05) is 28.4 Å². The Bertz CT molecular complexity index is 886. The van der Waals surface area contributed by atoms with Gasteiger partial charge in [0.05, 0.1) is 34.0 Å². The van der Waals surface area contributed by atoms with Gasteiger partial charge in [0.2, 0.25) is 0 Å². The second-order valence-corrected chi connectivity index (χ2v) is 8.26. The lowest BCUT2D eigenvalue weighted by Crippen LogP contribution is -2.52. The van der Waals surface area contributed by atoms with Crippen molar-refractivity contribution in [1.82, 2.24) is 5.32 Å². The Morgan fingerprint density at radius 2 is 1.45 bits per heavy atom. The molecular weight excluding hydrogens is 394 g/mol. The van der Waals surface area contributed by atoms with E-state index in [1.54, 1.807) is 28.4 Å². The highest BCUT2D eigenvalue weighted by Crippen LogP contribution is 2.49. The molecule has 6 nitrogen and oxygen atoms in total. The zero-order chi connectivity index (χ0) is 22.6. The normalized spacial score (nSPS) is 25.7. The molecule has 31 heavy (non-hydrogen) atoms. The van der Waals surface area contributed by atoms with Crippen molar-refractivity contribution < 1.29 is 24.1 Å². The maximum Gasteiger partial charge on any atom is 0.123 e. The van der Waals surface area contributed by atoms with Gasteiger partial charge in [-0.2, -0.15) is 0 Å². The fourth-order valence-corrected chi connectivity index (χ4v) is 4.79. The Morgan fingerprint density at radius 3 is 1.97 bits per heavy atom. The van der Waals surface area contributed by atoms with E-state index in [1.165, 1.54) is 0 Å². The van der Waals surface area contributed by atoms with Gasteiger partial charge in [-0.25, -0.2) is 0 Å². The van der Waals surface area contributed by atoms with Crippen LogP contribution in [0.5, 0.6) is 23.0 Å². The molecular formula is C25H35NO5. The van der Waals surface area contributed by atoms with Gasteiger partial charge < -0.3 is 29.4 Å². The summed E-state index contributed by atoms with van der Waals surface area (Å²) in [5, 5.41) is 15.6. The van der Waals surface area contributed by atoms with Gasteiger partial charge in [0, 0.05) is 29.1 Å². The molecule has 0 saturated carbocycles. The summed E-state index contributed by atoms with van der Waals surface area (Å²) >= 11 is 0. The molecule has 0 aromatic heterocycles. The minimum absolute atomic E-state index is 0.0405. The third-order valence-electron chi connectivity index (χ3n) is 6.55. The van der Waals surface area contributed by atoms with Gasteiger partial charge in [-0.1, -0.05) is 20.3 Å². The van der Waals surface area contributed by atoms with Crippen molar-refractivity contribution in [2.45, 2.75) is 50.8 Å². The first-order chi connectivity index (χ1) is 14.9. The van der Waals surface area contributed by atoms with E-state index in [0.717, 1.165) is 40.5 Å². The Labute approximate surface area is 185 Å². The summed E-state index contributed by atoms with van der Waals surface area (Å²) in [6.07, 6.45) is 2.18. The summed E-state index contributed by atoms with van der Waals surface area (Å²) in [6.45, 7) is 4.21. The third-order valence-corrected chi connectivity index (χ3v) is 6.55. The summed E-state index contributed by atoms with van der Waals surface area (Å²) < 4.78 is 22.3. The fourth-order valence-electron chi connectivity index (χ4n) is 4.79. The van der Waals surface area contributed by atoms with E-state index in [2.05, 4.69) is 19.2 Å². The number of ether oxygens (including phenoxy) is 4. The highest BCUT2D eigenvalue weighted by molar-refractivity contribution is 5.46. The van der Waals surface area contributed by atoms with Crippen molar-refractivity contribution in [3.8, 4) is 23.0 Å². The molecule has 0 unspecified atom stereocenters. The monoisotopic (exact) mass is 429 g/mol. The number of nitrogens with one attached hydrogen (secondary N) is 1. The number of piperidine rings is 1. The zero-order valence-electron chi connectivity index (χ0n) is 19.4. The minimum Gasteiger partial charge on any atom is -0.497 e. The average Bonchev–Trinajstić information content (AvgIpc) is 2.80. The van der Waals surface area contributed by atoms with Crippen LogP contribution >= 0.6 is 0 Å². The molecule has 4 atom stereocenters. The number of rotatable bonds is 8. The second kappa shape index (κ2) is 9.79. The third kappa shape index (κ3) is 4.60. The number of methoxy groups -OCH3 is 4. The molecule has 0 radical (unpaired) electrons. The van der Waals surface area contributed by atoms with Crippen LogP contribution < -0.4 is 24.3 Å². The van der Waals surface area contributed by atoms with Gasteiger partial charge in [0.1, 0.15) is 23.0 Å². The predicted molar refractivity (Wildman–Crippen MR) is 121 cm³/mol. The first-order valence-corrected chi connectivity index (χ1v) is 10.8. The quantitative estimate of drug-likeness (QED) is 0.636. The zero-order valence-corrected chi connectivity index (χ0v) is 19.4. The van der Waals surface area contributed by atoms with E-state index in [0.29, 0.717) is 12.8 Å². The average molecular weight is 430 g/mol. The van der Waals surface area contributed by atoms with Crippen molar-refractivity contribution >= 4 is 0 Å². The van der Waals surface area contributed by atoms with Crippen molar-refractivity contribution in [1.29, 1.82) is 0 Å². The molecule has 2 aromatic carbocycles. The number of benzene rings is 2. The summed E-state index contributed by atoms with van der Waals surface area (Å²) in [6, 6.07) is 11.3. The highest BCUT2D eigenvalue weighted by atomic mass is 16.5. The van der Waals surface area contributed by atoms with Gasteiger partial charge in [-0.3, -0.25) is 0 Å². The second-order valence-electron chi connectivity index (χ2n) is 8.26. The maximum absolute atomic E-state index is 11.8. The first kappa shape index (κ1) is 23.2. The van der Waals surface area contributed by atoms with Crippen LogP contribution in [0.3, 0.4) is 0 Å². The van der Waals surface area contributed by atoms with Crippen LogP contribution in [0, 0.1) is 5.92 Å². The molecule has 3 rings (SSSR count). The Morgan fingerprint density at radius 1 is 0.903 bits per heavy atom. The molecule has 6 heteroatoms. The number of hydrogen-bond acceptors (Lipinski definition) is 6. The molecule has 2 N–H and O–H groups in total. The van der Waals surface area contributed by atoms with E-state index in [9.17, 15) is 5.11 Å². The first-order valence-electron chi connectivity index (χ1n) is 10.8. The molecule has 170 valence electrons. The lowest BCUT2D eigenvalue weighted by molar-refractivity contribution is -0.0748. The van der Waals surface area contributed by atoms with E-state index in [1.807, 2.05) is 36.4 Å². The summed E-state index contributed by atoms with van der Waals surface area (Å²) in [4.78, 5) is 0. The maximum atomic E-state index is 11.8. The van der Waals surface area contributed by atoms with Crippen LogP contribution in [0.2, 0.25) is 0 Å². The van der Waals surface area contributed by atoms with Gasteiger partial charge in [0.25, 0.3) is 0 Å². The molecule has 2 aromatic rings. The molecule has 0 amide bonds. The molecule has 0 spiro atoms. The largest absolute Gasteiger partial charge is 0.497 e. The van der Waals surface area contributed by atoms with E-state index in [4.69, 9.17) is 18.9 Å². The van der Waals surface area contributed by atoms with Crippen molar-refractivity contribution in [3.05, 3.63) is 47.5 Å². The summed E-state index contributed by atoms with van der Waals surface area (Å²) in [5.41, 5.74) is 1.09. The standard InChI is InChI=1S/C25H35NO5/c1-7-12-25(27)15-21(19-13-17(28-3)8-10-22(19)30-5)26-24(16(25)2)20-14-18(29-4)9-11-23(20)31-6/h8-11,13-14,16,21,24,26-27H,7,12,15H2,1-6H3/t16-,21-,24+,25+/m1/s1. The lowest BCUT2D eigenvalue weighted by Gasteiger charge is -2.48. The van der Waals surface area contributed by atoms with Crippen LogP contribution in [0.1, 0.15) is 56.3 Å². The van der Waals surface area contributed by atoms with Gasteiger partial charge >= 0.3 is 0 Å². The van der Waals surface area contributed by atoms with Crippen LogP contribution in [-0.2, 0) is 0 Å². The van der Waals surface area contributed by atoms with E-state index in [-0.39, 0.29) is 18.0 Å². The molecule has 0 bridgehead atoms. The number of hydrogen-bond donors (Lipinski definition) is 2. The summed E-state index contributed by atoms with van der Waals surface area (Å²) in [5.74, 6) is 3.00. The van der Waals surface area contributed by atoms with Crippen molar-refractivity contribution in [2.24, 2.45) is 5.92 Å². The molecule has 1 fully saturated rings. The van der Waals surface area contributed by atoms with Crippen LogP contribution in [-0.4, -0.2) is 39.1 Å². The SMILES string of the molecule is CCC[C@]1(O)C[C@H](c2cc(OC)ccc2OC)N[C@H](c2cc(OC)ccc2OC)[C@H]1C. The topological polar surface area (TPSA) is 69.2 Å². The Balaban J connectivity index is 2.11.